The number of benzene rings is 2. The fourth-order valence-electron chi connectivity index (χ4n) is 3.30. The van der Waals surface area contributed by atoms with E-state index in [1.165, 1.54) is 11.8 Å². The number of fused-ring (bicyclic) bond motifs is 1. The predicted molar refractivity (Wildman–Crippen MR) is 103 cm³/mol. The molecule has 0 radical (unpaired) electrons. The molecule has 6 nitrogen and oxygen atoms in total. The molecule has 27 heavy (non-hydrogen) atoms. The van der Waals surface area contributed by atoms with Gasteiger partial charge in [-0.2, -0.15) is 0 Å². The van der Waals surface area contributed by atoms with Gasteiger partial charge < -0.3 is 15.2 Å². The smallest absolute Gasteiger partial charge is 0.250 e. The van der Waals surface area contributed by atoms with E-state index in [2.05, 4.69) is 22.0 Å². The van der Waals surface area contributed by atoms with Gasteiger partial charge in [0.15, 0.2) is 0 Å². The molecule has 0 bridgehead atoms. The standard InChI is InChI=1S/C21H21N3O3/c1-26-16-12-24(13-16)11-15-6-8-19(18-5-3-2-4-17(15)18)27-20-9-7-14(10-23-20)21(22)25/h2-10,16H,11-13H2,1H3,(H2,22,25). The van der Waals surface area contributed by atoms with E-state index in [0.717, 1.165) is 36.2 Å². The van der Waals surface area contributed by atoms with Gasteiger partial charge in [0, 0.05) is 44.4 Å². The van der Waals surface area contributed by atoms with E-state index in [9.17, 15) is 4.79 Å². The summed E-state index contributed by atoms with van der Waals surface area (Å²) < 4.78 is 11.3. The van der Waals surface area contributed by atoms with Gasteiger partial charge >= 0.3 is 0 Å². The molecule has 0 unspecified atom stereocenters. The molecule has 1 fully saturated rings. The molecule has 4 rings (SSSR count). The summed E-state index contributed by atoms with van der Waals surface area (Å²) >= 11 is 0. The summed E-state index contributed by atoms with van der Waals surface area (Å²) in [6, 6.07) is 15.5. The van der Waals surface area contributed by atoms with Crippen molar-refractivity contribution in [3.05, 3.63) is 65.9 Å². The maximum Gasteiger partial charge on any atom is 0.250 e. The van der Waals surface area contributed by atoms with Crippen molar-refractivity contribution in [1.29, 1.82) is 0 Å². The van der Waals surface area contributed by atoms with E-state index in [4.69, 9.17) is 15.2 Å². The van der Waals surface area contributed by atoms with Crippen LogP contribution in [0.3, 0.4) is 0 Å². The molecule has 1 aliphatic heterocycles. The fraction of sp³-hybridized carbons (Fsp3) is 0.238. The van der Waals surface area contributed by atoms with Crippen molar-refractivity contribution in [2.24, 2.45) is 5.73 Å². The van der Waals surface area contributed by atoms with Crippen LogP contribution in [0.5, 0.6) is 11.6 Å². The molecule has 1 amide bonds. The summed E-state index contributed by atoms with van der Waals surface area (Å²) in [5.41, 5.74) is 6.86. The van der Waals surface area contributed by atoms with E-state index in [1.54, 1.807) is 19.2 Å². The molecule has 0 aliphatic carbocycles. The summed E-state index contributed by atoms with van der Waals surface area (Å²) in [5, 5.41) is 2.18. The lowest BCUT2D eigenvalue weighted by molar-refractivity contribution is -0.0332. The number of primary amides is 1. The Morgan fingerprint density at radius 3 is 2.59 bits per heavy atom. The lowest BCUT2D eigenvalue weighted by atomic mass is 10.0. The summed E-state index contributed by atoms with van der Waals surface area (Å²) in [7, 11) is 1.76. The van der Waals surface area contributed by atoms with Crippen molar-refractivity contribution in [2.75, 3.05) is 20.2 Å². The highest BCUT2D eigenvalue weighted by atomic mass is 16.5. The van der Waals surface area contributed by atoms with Gasteiger partial charge in [-0.1, -0.05) is 30.3 Å². The number of amides is 1. The van der Waals surface area contributed by atoms with E-state index >= 15 is 0 Å². The van der Waals surface area contributed by atoms with E-state index in [-0.39, 0.29) is 0 Å². The first kappa shape index (κ1) is 17.5. The summed E-state index contributed by atoms with van der Waals surface area (Å²) in [5.74, 6) is 0.640. The number of carbonyl (C=O) groups is 1. The Morgan fingerprint density at radius 1 is 1.15 bits per heavy atom. The van der Waals surface area contributed by atoms with Crippen LogP contribution in [0.4, 0.5) is 0 Å². The van der Waals surface area contributed by atoms with Gasteiger partial charge in [0.2, 0.25) is 11.8 Å². The van der Waals surface area contributed by atoms with Crippen molar-refractivity contribution in [1.82, 2.24) is 9.88 Å². The van der Waals surface area contributed by atoms with E-state index in [1.807, 2.05) is 24.3 Å². The minimum atomic E-state index is -0.509. The van der Waals surface area contributed by atoms with Crippen LogP contribution in [0, 0.1) is 0 Å². The monoisotopic (exact) mass is 363 g/mol. The number of ether oxygens (including phenoxy) is 2. The van der Waals surface area contributed by atoms with Crippen LogP contribution in [0.25, 0.3) is 10.8 Å². The summed E-state index contributed by atoms with van der Waals surface area (Å²) in [6.45, 7) is 2.80. The van der Waals surface area contributed by atoms with E-state index in [0.29, 0.717) is 17.5 Å². The first-order valence-corrected chi connectivity index (χ1v) is 8.83. The largest absolute Gasteiger partial charge is 0.438 e. The normalized spacial score (nSPS) is 14.9. The number of hydrogen-bond acceptors (Lipinski definition) is 5. The lowest BCUT2D eigenvalue weighted by Gasteiger charge is -2.38. The number of likely N-dealkylation sites (tertiary alicyclic amines) is 1. The topological polar surface area (TPSA) is 77.7 Å². The Labute approximate surface area is 157 Å². The number of nitrogens with two attached hydrogens (primary N) is 1. The zero-order chi connectivity index (χ0) is 18.8. The van der Waals surface area contributed by atoms with Crippen molar-refractivity contribution >= 4 is 16.7 Å². The third kappa shape index (κ3) is 3.63. The number of rotatable bonds is 6. The van der Waals surface area contributed by atoms with Crippen LogP contribution >= 0.6 is 0 Å². The van der Waals surface area contributed by atoms with Crippen LogP contribution in [-0.2, 0) is 11.3 Å². The zero-order valence-electron chi connectivity index (χ0n) is 15.1. The molecule has 1 aromatic heterocycles. The van der Waals surface area contributed by atoms with Gasteiger partial charge in [-0.25, -0.2) is 4.98 Å². The Morgan fingerprint density at radius 2 is 1.93 bits per heavy atom. The number of carbonyl (C=O) groups excluding carboxylic acids is 1. The quantitative estimate of drug-likeness (QED) is 0.728. The summed E-state index contributed by atoms with van der Waals surface area (Å²) in [6.07, 6.45) is 1.76. The third-order valence-electron chi connectivity index (χ3n) is 4.86. The van der Waals surface area contributed by atoms with E-state index < -0.39 is 5.91 Å². The number of methoxy groups -OCH3 is 1. The molecule has 3 aromatic rings. The third-order valence-corrected chi connectivity index (χ3v) is 4.86. The Kier molecular flexibility index (Phi) is 4.75. The van der Waals surface area contributed by atoms with Gasteiger partial charge in [0.05, 0.1) is 11.7 Å². The maximum atomic E-state index is 11.2. The Bertz CT molecular complexity index is 966. The summed E-state index contributed by atoms with van der Waals surface area (Å²) in [4.78, 5) is 17.7. The van der Waals surface area contributed by atoms with Crippen molar-refractivity contribution in [2.45, 2.75) is 12.6 Å². The highest BCUT2D eigenvalue weighted by molar-refractivity contribution is 5.92. The predicted octanol–water partition coefficient (Wildman–Crippen LogP) is 2.96. The molecule has 1 aliphatic rings. The Balaban J connectivity index is 1.59. The molecule has 0 saturated carbocycles. The van der Waals surface area contributed by atoms with Gasteiger partial charge in [0.25, 0.3) is 0 Å². The molecular formula is C21H21N3O3. The second-order valence-corrected chi connectivity index (χ2v) is 6.67. The first-order chi connectivity index (χ1) is 13.1. The number of pyridine rings is 1. The SMILES string of the molecule is COC1CN(Cc2ccc(Oc3ccc(C(N)=O)cn3)c3ccccc23)C1. The second-order valence-electron chi connectivity index (χ2n) is 6.67. The average molecular weight is 363 g/mol. The highest BCUT2D eigenvalue weighted by Crippen LogP contribution is 2.32. The molecule has 0 spiro atoms. The van der Waals surface area contributed by atoms with Gasteiger partial charge in [-0.3, -0.25) is 9.69 Å². The molecular weight excluding hydrogens is 342 g/mol. The number of nitrogens with zero attached hydrogens (tertiary/aromatic N) is 2. The van der Waals surface area contributed by atoms with Gasteiger partial charge in [-0.15, -0.1) is 0 Å². The molecule has 1 saturated heterocycles. The zero-order valence-corrected chi connectivity index (χ0v) is 15.1. The lowest BCUT2D eigenvalue weighted by Crippen LogP contribution is -2.50. The number of hydrogen-bond donors (Lipinski definition) is 1. The first-order valence-electron chi connectivity index (χ1n) is 8.83. The minimum Gasteiger partial charge on any atom is -0.438 e. The van der Waals surface area contributed by atoms with Crippen LogP contribution in [0.15, 0.2) is 54.7 Å². The molecule has 138 valence electrons. The molecule has 0 atom stereocenters. The van der Waals surface area contributed by atoms with Gasteiger partial charge in [0.1, 0.15) is 5.75 Å². The van der Waals surface area contributed by atoms with Crippen LogP contribution in [-0.4, -0.2) is 42.1 Å². The molecule has 2 aromatic carbocycles. The van der Waals surface area contributed by atoms with Crippen LogP contribution in [0.2, 0.25) is 0 Å². The highest BCUT2D eigenvalue weighted by Gasteiger charge is 2.26. The van der Waals surface area contributed by atoms with Crippen LogP contribution in [0.1, 0.15) is 15.9 Å². The van der Waals surface area contributed by atoms with Crippen molar-refractivity contribution in [3.8, 4) is 11.6 Å². The minimum absolute atomic E-state index is 0.341. The molecule has 2 heterocycles. The van der Waals surface area contributed by atoms with Gasteiger partial charge in [-0.05, 0) is 23.1 Å². The maximum absolute atomic E-state index is 11.2. The second kappa shape index (κ2) is 7.34. The molecule has 6 heteroatoms. The Hall–Kier alpha value is -2.96. The number of aromatic nitrogens is 1. The average Bonchev–Trinajstić information content (AvgIpc) is 2.66. The van der Waals surface area contributed by atoms with Crippen LogP contribution < -0.4 is 10.5 Å². The molecule has 2 N–H and O–H groups in total. The fourth-order valence-corrected chi connectivity index (χ4v) is 3.30. The van der Waals surface area contributed by atoms with Crippen molar-refractivity contribution < 1.29 is 14.3 Å². The van der Waals surface area contributed by atoms with Crippen molar-refractivity contribution in [3.63, 3.8) is 0 Å².